The minimum atomic E-state index is -0.412. The molecule has 0 saturated carbocycles. The summed E-state index contributed by atoms with van der Waals surface area (Å²) < 4.78 is 5.19. The van der Waals surface area contributed by atoms with E-state index in [0.717, 1.165) is 60.5 Å². The molecule has 0 aliphatic carbocycles. The Labute approximate surface area is 159 Å². The van der Waals surface area contributed by atoms with Gasteiger partial charge >= 0.3 is 0 Å². The highest BCUT2D eigenvalue weighted by Crippen LogP contribution is 2.32. The number of aromatic amines is 1. The van der Waals surface area contributed by atoms with Gasteiger partial charge < -0.3 is 9.84 Å². The van der Waals surface area contributed by atoms with Crippen LogP contribution in [0.1, 0.15) is 35.8 Å². The van der Waals surface area contributed by atoms with Gasteiger partial charge in [-0.05, 0) is 68.1 Å². The van der Waals surface area contributed by atoms with Crippen LogP contribution in [0.5, 0.6) is 5.75 Å². The van der Waals surface area contributed by atoms with Crippen molar-refractivity contribution >= 4 is 11.0 Å². The molecule has 0 radical (unpaired) electrons. The summed E-state index contributed by atoms with van der Waals surface area (Å²) in [5.74, 6) is 1.12. The number of rotatable bonds is 5. The molecule has 1 saturated heterocycles. The van der Waals surface area contributed by atoms with Crippen LogP contribution in [0.15, 0.2) is 36.5 Å². The topological polar surface area (TPSA) is 74.3 Å². The molecule has 1 atom stereocenters. The molecule has 27 heavy (non-hydrogen) atoms. The molecule has 1 unspecified atom stereocenters. The highest BCUT2D eigenvalue weighted by atomic mass is 16.5. The normalized spacial score (nSPS) is 17.3. The van der Waals surface area contributed by atoms with Crippen molar-refractivity contribution in [2.24, 2.45) is 5.92 Å². The number of hydrogen-bond donors (Lipinski definition) is 2. The summed E-state index contributed by atoms with van der Waals surface area (Å²) in [6.45, 7) is 4.88. The number of benzene rings is 1. The minimum absolute atomic E-state index is 0.298. The highest BCUT2D eigenvalue weighted by Gasteiger charge is 2.26. The second-order valence-electron chi connectivity index (χ2n) is 7.39. The number of pyridine rings is 1. The highest BCUT2D eigenvalue weighted by molar-refractivity contribution is 5.77. The van der Waals surface area contributed by atoms with E-state index in [2.05, 4.69) is 26.1 Å². The zero-order valence-electron chi connectivity index (χ0n) is 15.9. The van der Waals surface area contributed by atoms with Crippen molar-refractivity contribution < 1.29 is 9.84 Å². The number of aromatic nitrogens is 3. The molecule has 3 heterocycles. The second-order valence-corrected chi connectivity index (χ2v) is 7.39. The maximum Gasteiger partial charge on any atom is 0.181 e. The zero-order chi connectivity index (χ0) is 18.8. The van der Waals surface area contributed by atoms with Gasteiger partial charge in [0.1, 0.15) is 5.75 Å². The van der Waals surface area contributed by atoms with E-state index in [9.17, 15) is 5.11 Å². The van der Waals surface area contributed by atoms with Gasteiger partial charge in [0, 0.05) is 23.8 Å². The Morgan fingerprint density at radius 1 is 1.26 bits per heavy atom. The Kier molecular flexibility index (Phi) is 5.09. The number of ether oxygens (including phenoxy) is 1. The summed E-state index contributed by atoms with van der Waals surface area (Å²) in [6, 6.07) is 9.93. The van der Waals surface area contributed by atoms with Gasteiger partial charge in [0.15, 0.2) is 5.65 Å². The predicted octanol–water partition coefficient (Wildman–Crippen LogP) is 3.22. The number of piperidine rings is 1. The fourth-order valence-electron chi connectivity index (χ4n) is 3.91. The first-order valence-electron chi connectivity index (χ1n) is 9.48. The summed E-state index contributed by atoms with van der Waals surface area (Å²) in [4.78, 5) is 6.89. The summed E-state index contributed by atoms with van der Waals surface area (Å²) in [6.07, 6.45) is 3.49. The molecular formula is C21H26N4O2. The van der Waals surface area contributed by atoms with Crippen LogP contribution in [0.4, 0.5) is 0 Å². The summed E-state index contributed by atoms with van der Waals surface area (Å²) in [5.41, 5.74) is 4.01. The van der Waals surface area contributed by atoms with Crippen molar-refractivity contribution in [2.45, 2.75) is 32.4 Å². The van der Waals surface area contributed by atoms with E-state index in [1.54, 1.807) is 7.11 Å². The Morgan fingerprint density at radius 2 is 2.00 bits per heavy atom. The third kappa shape index (κ3) is 3.82. The van der Waals surface area contributed by atoms with Crippen LogP contribution < -0.4 is 4.74 Å². The number of methoxy groups -OCH3 is 1. The van der Waals surface area contributed by atoms with E-state index < -0.39 is 6.10 Å². The summed E-state index contributed by atoms with van der Waals surface area (Å²) in [7, 11) is 1.66. The Bertz CT molecular complexity index is 898. The van der Waals surface area contributed by atoms with E-state index in [0.29, 0.717) is 5.92 Å². The average Bonchev–Trinajstić information content (AvgIpc) is 3.08. The van der Waals surface area contributed by atoms with Crippen molar-refractivity contribution in [3.63, 3.8) is 0 Å². The number of aryl methyl sites for hydroxylation is 1. The maximum atomic E-state index is 10.7. The third-order valence-electron chi connectivity index (χ3n) is 5.60. The van der Waals surface area contributed by atoms with E-state index >= 15 is 0 Å². The number of fused-ring (bicyclic) bond motifs is 1. The van der Waals surface area contributed by atoms with Gasteiger partial charge in [0.25, 0.3) is 0 Å². The van der Waals surface area contributed by atoms with Crippen molar-refractivity contribution in [1.29, 1.82) is 0 Å². The molecule has 1 aliphatic heterocycles. The number of aliphatic hydroxyl groups is 1. The molecule has 0 bridgehead atoms. The van der Waals surface area contributed by atoms with Crippen LogP contribution in [0, 0.1) is 12.8 Å². The molecule has 4 rings (SSSR count). The third-order valence-corrected chi connectivity index (χ3v) is 5.60. The zero-order valence-corrected chi connectivity index (χ0v) is 15.9. The van der Waals surface area contributed by atoms with Crippen molar-refractivity contribution in [3.05, 3.63) is 53.3 Å². The standard InChI is InChI=1S/C21H26N4O2/c1-14-19-11-15(12-22-21(19)24-23-14)13-25-9-7-17(8-10-25)20(26)16-3-5-18(27-2)6-4-16/h3-6,11-12,17,20,26H,7-10,13H2,1-2H3,(H,22,23,24). The average molecular weight is 366 g/mol. The van der Waals surface area contributed by atoms with Gasteiger partial charge in [-0.3, -0.25) is 10.00 Å². The van der Waals surface area contributed by atoms with Crippen LogP contribution >= 0.6 is 0 Å². The quantitative estimate of drug-likeness (QED) is 0.725. The molecule has 1 aromatic carbocycles. The molecule has 1 aliphatic rings. The van der Waals surface area contributed by atoms with Crippen LogP contribution in [0.3, 0.4) is 0 Å². The molecule has 0 amide bonds. The Hall–Kier alpha value is -2.44. The Balaban J connectivity index is 1.35. The number of hydrogen-bond acceptors (Lipinski definition) is 5. The number of H-pyrrole nitrogens is 1. The lowest BCUT2D eigenvalue weighted by Crippen LogP contribution is -2.35. The maximum absolute atomic E-state index is 10.7. The molecule has 2 N–H and O–H groups in total. The molecule has 3 aromatic rings. The largest absolute Gasteiger partial charge is 0.497 e. The molecule has 2 aromatic heterocycles. The van der Waals surface area contributed by atoms with Gasteiger partial charge in [-0.15, -0.1) is 0 Å². The number of nitrogens with one attached hydrogen (secondary N) is 1. The fraction of sp³-hybridized carbons (Fsp3) is 0.429. The fourth-order valence-corrected chi connectivity index (χ4v) is 3.91. The van der Waals surface area contributed by atoms with E-state index in [1.807, 2.05) is 37.4 Å². The first-order chi connectivity index (χ1) is 13.1. The first-order valence-corrected chi connectivity index (χ1v) is 9.48. The number of aliphatic hydroxyl groups excluding tert-OH is 1. The summed E-state index contributed by atoms with van der Waals surface area (Å²) >= 11 is 0. The van der Waals surface area contributed by atoms with Crippen LogP contribution in [-0.4, -0.2) is 45.4 Å². The van der Waals surface area contributed by atoms with Crippen LogP contribution in [0.2, 0.25) is 0 Å². The van der Waals surface area contributed by atoms with Gasteiger partial charge in [-0.1, -0.05) is 12.1 Å². The lowest BCUT2D eigenvalue weighted by atomic mass is 9.87. The first kappa shape index (κ1) is 17.9. The number of nitrogens with zero attached hydrogens (tertiary/aromatic N) is 3. The molecule has 6 nitrogen and oxygen atoms in total. The number of likely N-dealkylation sites (tertiary alicyclic amines) is 1. The Morgan fingerprint density at radius 3 is 2.70 bits per heavy atom. The van der Waals surface area contributed by atoms with Crippen molar-refractivity contribution in [2.75, 3.05) is 20.2 Å². The smallest absolute Gasteiger partial charge is 0.181 e. The molecule has 1 fully saturated rings. The molecular weight excluding hydrogens is 340 g/mol. The van der Waals surface area contributed by atoms with Gasteiger partial charge in [-0.2, -0.15) is 5.10 Å². The predicted molar refractivity (Wildman–Crippen MR) is 105 cm³/mol. The minimum Gasteiger partial charge on any atom is -0.497 e. The summed E-state index contributed by atoms with van der Waals surface area (Å²) in [5, 5.41) is 19.0. The van der Waals surface area contributed by atoms with Gasteiger partial charge in [0.2, 0.25) is 0 Å². The van der Waals surface area contributed by atoms with Crippen molar-refractivity contribution in [1.82, 2.24) is 20.1 Å². The lowest BCUT2D eigenvalue weighted by molar-refractivity contribution is 0.0567. The molecule has 142 valence electrons. The van der Waals surface area contributed by atoms with Crippen LogP contribution in [-0.2, 0) is 6.54 Å². The van der Waals surface area contributed by atoms with E-state index in [1.165, 1.54) is 5.56 Å². The van der Waals surface area contributed by atoms with Crippen molar-refractivity contribution in [3.8, 4) is 5.75 Å². The SMILES string of the molecule is COc1ccc(C(O)C2CCN(Cc3cnc4n[nH]c(C)c4c3)CC2)cc1. The monoisotopic (exact) mass is 366 g/mol. The molecule has 0 spiro atoms. The van der Waals surface area contributed by atoms with E-state index in [-0.39, 0.29) is 0 Å². The lowest BCUT2D eigenvalue weighted by Gasteiger charge is -2.34. The second kappa shape index (κ2) is 7.66. The van der Waals surface area contributed by atoms with E-state index in [4.69, 9.17) is 4.74 Å². The van der Waals surface area contributed by atoms with Gasteiger partial charge in [0.05, 0.1) is 13.2 Å². The molecule has 6 heteroatoms. The van der Waals surface area contributed by atoms with Gasteiger partial charge in [-0.25, -0.2) is 4.98 Å². The van der Waals surface area contributed by atoms with Crippen LogP contribution in [0.25, 0.3) is 11.0 Å².